The summed E-state index contributed by atoms with van der Waals surface area (Å²) in [6, 6.07) is 2.52. The summed E-state index contributed by atoms with van der Waals surface area (Å²) >= 11 is 11.4. The van der Waals surface area contributed by atoms with Crippen molar-refractivity contribution < 1.29 is 13.2 Å². The molecule has 0 saturated carbocycles. The van der Waals surface area contributed by atoms with Crippen molar-refractivity contribution >= 4 is 40.1 Å². The van der Waals surface area contributed by atoms with E-state index >= 15 is 0 Å². The summed E-state index contributed by atoms with van der Waals surface area (Å²) in [6.45, 7) is 0. The molecule has 0 atom stereocenters. The second-order valence-electron chi connectivity index (χ2n) is 3.32. The summed E-state index contributed by atoms with van der Waals surface area (Å²) in [4.78, 5) is 7.15. The fourth-order valence-corrected chi connectivity index (χ4v) is 1.67. The van der Waals surface area contributed by atoms with Gasteiger partial charge in [0.25, 0.3) is 0 Å². The Kier molecular flexibility index (Phi) is 3.22. The molecule has 0 aliphatic carbocycles. The van der Waals surface area contributed by atoms with Crippen LogP contribution < -0.4 is 11.3 Å². The minimum atomic E-state index is -4.67. The van der Waals surface area contributed by atoms with Gasteiger partial charge >= 0.3 is 6.18 Å². The number of hydrogen-bond donors (Lipinski definition) is 2. The topological polar surface area (TPSA) is 63.8 Å². The third kappa shape index (κ3) is 2.29. The number of anilines is 1. The Labute approximate surface area is 109 Å². The lowest BCUT2D eigenvalue weighted by atomic mass is 10.2. The molecule has 1 heterocycles. The summed E-state index contributed by atoms with van der Waals surface area (Å²) < 4.78 is 38.1. The maximum Gasteiger partial charge on any atom is 0.437 e. The van der Waals surface area contributed by atoms with Gasteiger partial charge in [0.15, 0.2) is 11.5 Å². The third-order valence-electron chi connectivity index (χ3n) is 2.11. The zero-order valence-electron chi connectivity index (χ0n) is 8.52. The number of nitrogen functional groups attached to an aromatic ring is 1. The number of fused-ring (bicyclic) bond motifs is 1. The first-order valence-corrected chi connectivity index (χ1v) is 5.29. The Morgan fingerprint density at radius 1 is 1.06 bits per heavy atom. The largest absolute Gasteiger partial charge is 0.437 e. The molecule has 96 valence electrons. The lowest BCUT2D eigenvalue weighted by molar-refractivity contribution is -0.140. The van der Waals surface area contributed by atoms with Gasteiger partial charge in [-0.05, 0) is 12.1 Å². The Hall–Kier alpha value is -1.31. The molecule has 1 aromatic carbocycles. The number of aromatic nitrogens is 2. The van der Waals surface area contributed by atoms with Crippen molar-refractivity contribution in [2.24, 2.45) is 5.84 Å². The van der Waals surface area contributed by atoms with Crippen molar-refractivity contribution in [3.05, 3.63) is 27.9 Å². The molecular weight excluding hydrogens is 292 g/mol. The molecule has 9 heteroatoms. The van der Waals surface area contributed by atoms with Gasteiger partial charge in [-0.2, -0.15) is 13.2 Å². The molecule has 0 aliphatic heterocycles. The number of hydrazine groups is 1. The van der Waals surface area contributed by atoms with Crippen LogP contribution in [0.25, 0.3) is 11.0 Å². The molecule has 4 nitrogen and oxygen atoms in total. The molecule has 0 unspecified atom stereocenters. The lowest BCUT2D eigenvalue weighted by Gasteiger charge is -2.11. The molecule has 0 aliphatic rings. The van der Waals surface area contributed by atoms with E-state index in [1.165, 1.54) is 12.1 Å². The molecule has 18 heavy (non-hydrogen) atoms. The standard InChI is InChI=1S/C9H5Cl2F3N4/c10-3-1-5-6(2-4(3)11)17-8(18-15)7(16-5)9(12,13)14/h1-2H,15H2,(H,17,18). The van der Waals surface area contributed by atoms with Gasteiger partial charge in [-0.15, -0.1) is 0 Å². The molecule has 0 saturated heterocycles. The first-order valence-electron chi connectivity index (χ1n) is 4.53. The van der Waals surface area contributed by atoms with Crippen molar-refractivity contribution in [2.75, 3.05) is 5.43 Å². The minimum Gasteiger partial charge on any atom is -0.307 e. The van der Waals surface area contributed by atoms with Gasteiger partial charge in [0.2, 0.25) is 0 Å². The highest BCUT2D eigenvalue weighted by atomic mass is 35.5. The number of nitrogens with two attached hydrogens (primary N) is 1. The van der Waals surface area contributed by atoms with E-state index in [1.54, 1.807) is 0 Å². The number of halogens is 5. The summed E-state index contributed by atoms with van der Waals surface area (Å²) in [5.41, 5.74) is 0.786. The van der Waals surface area contributed by atoms with E-state index in [-0.39, 0.29) is 21.1 Å². The maximum absolute atomic E-state index is 12.7. The zero-order valence-corrected chi connectivity index (χ0v) is 10.0. The van der Waals surface area contributed by atoms with Gasteiger partial charge < -0.3 is 5.43 Å². The van der Waals surface area contributed by atoms with Crippen LogP contribution in [0.2, 0.25) is 10.0 Å². The molecule has 0 radical (unpaired) electrons. The van der Waals surface area contributed by atoms with Crippen molar-refractivity contribution in [1.29, 1.82) is 0 Å². The molecule has 1 aromatic heterocycles. The number of benzene rings is 1. The van der Waals surface area contributed by atoms with Crippen LogP contribution in [-0.2, 0) is 6.18 Å². The van der Waals surface area contributed by atoms with E-state index in [0.29, 0.717) is 0 Å². The van der Waals surface area contributed by atoms with Gasteiger partial charge in [0.1, 0.15) is 0 Å². The summed E-state index contributed by atoms with van der Waals surface area (Å²) in [5.74, 6) is 4.42. The highest BCUT2D eigenvalue weighted by Crippen LogP contribution is 2.34. The monoisotopic (exact) mass is 296 g/mol. The quantitative estimate of drug-likeness (QED) is 0.626. The van der Waals surface area contributed by atoms with E-state index in [1.807, 2.05) is 5.43 Å². The third-order valence-corrected chi connectivity index (χ3v) is 2.83. The van der Waals surface area contributed by atoms with Crippen molar-refractivity contribution in [3.8, 4) is 0 Å². The molecule has 2 rings (SSSR count). The molecule has 0 amide bonds. The fraction of sp³-hybridized carbons (Fsp3) is 0.111. The van der Waals surface area contributed by atoms with Crippen LogP contribution >= 0.6 is 23.2 Å². The van der Waals surface area contributed by atoms with E-state index in [4.69, 9.17) is 29.0 Å². The van der Waals surface area contributed by atoms with Crippen LogP contribution in [0, 0.1) is 0 Å². The van der Waals surface area contributed by atoms with Crippen LogP contribution in [0.5, 0.6) is 0 Å². The predicted molar refractivity (Wildman–Crippen MR) is 62.4 cm³/mol. The SMILES string of the molecule is NNc1nc2cc(Cl)c(Cl)cc2nc1C(F)(F)F. The average molecular weight is 297 g/mol. The highest BCUT2D eigenvalue weighted by molar-refractivity contribution is 6.42. The van der Waals surface area contributed by atoms with Gasteiger partial charge in [-0.3, -0.25) is 0 Å². The summed E-state index contributed by atoms with van der Waals surface area (Å²) in [7, 11) is 0. The first kappa shape index (κ1) is 13.1. The van der Waals surface area contributed by atoms with Gasteiger partial charge in [0.05, 0.1) is 21.1 Å². The average Bonchev–Trinajstić information content (AvgIpc) is 2.28. The summed E-state index contributed by atoms with van der Waals surface area (Å²) in [5, 5.41) is 0.265. The van der Waals surface area contributed by atoms with Crippen molar-refractivity contribution in [3.63, 3.8) is 0 Å². The first-order chi connectivity index (χ1) is 8.32. The molecule has 0 spiro atoms. The van der Waals surface area contributed by atoms with Crippen LogP contribution in [0.1, 0.15) is 5.69 Å². The van der Waals surface area contributed by atoms with Gasteiger partial charge in [0, 0.05) is 0 Å². The van der Waals surface area contributed by atoms with E-state index in [9.17, 15) is 13.2 Å². The van der Waals surface area contributed by atoms with Gasteiger partial charge in [-0.1, -0.05) is 23.2 Å². The highest BCUT2D eigenvalue weighted by Gasteiger charge is 2.37. The predicted octanol–water partition coefficient (Wildman–Crippen LogP) is 3.24. The molecule has 0 bridgehead atoms. The molecule has 0 fully saturated rings. The Morgan fingerprint density at radius 3 is 2.00 bits per heavy atom. The number of nitrogens with one attached hydrogen (secondary N) is 1. The van der Waals surface area contributed by atoms with Crippen LogP contribution in [-0.4, -0.2) is 9.97 Å². The Morgan fingerprint density at radius 2 is 1.56 bits per heavy atom. The molecular formula is C9H5Cl2F3N4. The Balaban J connectivity index is 2.77. The van der Waals surface area contributed by atoms with Crippen molar-refractivity contribution in [1.82, 2.24) is 9.97 Å². The molecule has 3 N–H and O–H groups in total. The maximum atomic E-state index is 12.7. The number of rotatable bonds is 1. The second-order valence-corrected chi connectivity index (χ2v) is 4.13. The Bertz CT molecular complexity index is 615. The zero-order chi connectivity index (χ0) is 13.5. The van der Waals surface area contributed by atoms with E-state index in [2.05, 4.69) is 9.97 Å². The minimum absolute atomic E-state index is 0.0178. The summed E-state index contributed by atoms with van der Waals surface area (Å²) in [6.07, 6.45) is -4.67. The van der Waals surface area contributed by atoms with Crippen LogP contribution in [0.3, 0.4) is 0 Å². The van der Waals surface area contributed by atoms with Crippen LogP contribution in [0.4, 0.5) is 19.0 Å². The lowest BCUT2D eigenvalue weighted by Crippen LogP contribution is -2.18. The molecule has 2 aromatic rings. The van der Waals surface area contributed by atoms with Gasteiger partial charge in [-0.25, -0.2) is 15.8 Å². The van der Waals surface area contributed by atoms with Crippen LogP contribution in [0.15, 0.2) is 12.1 Å². The number of hydrogen-bond acceptors (Lipinski definition) is 4. The number of nitrogens with zero attached hydrogens (tertiary/aromatic N) is 2. The van der Waals surface area contributed by atoms with Crippen molar-refractivity contribution in [2.45, 2.75) is 6.18 Å². The van der Waals surface area contributed by atoms with E-state index in [0.717, 1.165) is 0 Å². The number of alkyl halides is 3. The second kappa shape index (κ2) is 4.42. The smallest absolute Gasteiger partial charge is 0.307 e. The fourth-order valence-electron chi connectivity index (χ4n) is 1.35. The normalized spacial score (nSPS) is 11.9. The van der Waals surface area contributed by atoms with E-state index < -0.39 is 17.7 Å².